The predicted molar refractivity (Wildman–Crippen MR) is 134 cm³/mol. The number of nitrogens with zero attached hydrogens (tertiary/aromatic N) is 2. The van der Waals surface area contributed by atoms with Crippen LogP contribution >= 0.6 is 11.6 Å². The van der Waals surface area contributed by atoms with Crippen LogP contribution in [0.1, 0.15) is 50.7 Å². The summed E-state index contributed by atoms with van der Waals surface area (Å²) in [6, 6.07) is 16.0. The van der Waals surface area contributed by atoms with Crippen LogP contribution in [0.3, 0.4) is 0 Å². The number of piperidine rings is 1. The summed E-state index contributed by atoms with van der Waals surface area (Å²) in [4.78, 5) is 17.1. The quantitative estimate of drug-likeness (QED) is 0.534. The lowest BCUT2D eigenvalue weighted by molar-refractivity contribution is -0.136. The fraction of sp³-hybridized carbons (Fsp3) is 0.519. The van der Waals surface area contributed by atoms with Crippen molar-refractivity contribution in [2.75, 3.05) is 33.3 Å². The van der Waals surface area contributed by atoms with Crippen LogP contribution in [-0.4, -0.2) is 60.1 Å². The Morgan fingerprint density at radius 1 is 1.15 bits per heavy atom. The first kappa shape index (κ1) is 25.5. The zero-order valence-electron chi connectivity index (χ0n) is 20.1. The number of halogens is 1. The van der Waals surface area contributed by atoms with Crippen molar-refractivity contribution < 1.29 is 14.6 Å². The number of likely N-dealkylation sites (N-methyl/N-ethyl adjacent to an activating group) is 1. The van der Waals surface area contributed by atoms with Gasteiger partial charge in [0.05, 0.1) is 12.7 Å². The number of hydrogen-bond donors (Lipinski definition) is 1. The highest BCUT2D eigenvalue weighted by molar-refractivity contribution is 6.30. The van der Waals surface area contributed by atoms with Gasteiger partial charge in [-0.25, -0.2) is 0 Å². The van der Waals surface area contributed by atoms with Crippen molar-refractivity contribution in [1.29, 1.82) is 0 Å². The number of hydrogen-bond acceptors (Lipinski definition) is 4. The first-order valence-corrected chi connectivity index (χ1v) is 12.4. The van der Waals surface area contributed by atoms with Crippen LogP contribution in [0.5, 0.6) is 5.75 Å². The number of likely N-dealkylation sites (tertiary alicyclic amines) is 1. The minimum Gasteiger partial charge on any atom is -0.497 e. The molecule has 1 unspecified atom stereocenters. The molecule has 1 aliphatic heterocycles. The Bertz CT molecular complexity index is 877. The van der Waals surface area contributed by atoms with Gasteiger partial charge in [-0.3, -0.25) is 4.79 Å². The van der Waals surface area contributed by atoms with Crippen LogP contribution in [-0.2, 0) is 16.8 Å². The molecular weight excluding hydrogens is 436 g/mol. The molecule has 0 bridgehead atoms. The molecule has 0 aliphatic carbocycles. The van der Waals surface area contributed by atoms with Crippen molar-refractivity contribution in [3.8, 4) is 5.75 Å². The number of aliphatic hydroxyl groups is 1. The summed E-state index contributed by atoms with van der Waals surface area (Å²) in [5, 5.41) is 11.7. The Hall–Kier alpha value is -2.08. The molecule has 3 rings (SSSR count). The van der Waals surface area contributed by atoms with Crippen LogP contribution in [0, 0.1) is 0 Å². The lowest BCUT2D eigenvalue weighted by Gasteiger charge is -2.38. The molecule has 33 heavy (non-hydrogen) atoms. The fourth-order valence-corrected chi connectivity index (χ4v) is 4.81. The highest BCUT2D eigenvalue weighted by Gasteiger charge is 2.35. The van der Waals surface area contributed by atoms with Crippen LogP contribution in [0.25, 0.3) is 0 Å². The highest BCUT2D eigenvalue weighted by Crippen LogP contribution is 2.33. The average Bonchev–Trinajstić information content (AvgIpc) is 2.83. The molecule has 6 heteroatoms. The number of methoxy groups -OCH3 is 1. The molecule has 0 spiro atoms. The first-order valence-electron chi connectivity index (χ1n) is 12.0. The van der Waals surface area contributed by atoms with Gasteiger partial charge in [0.15, 0.2) is 0 Å². The van der Waals surface area contributed by atoms with Gasteiger partial charge in [-0.2, -0.15) is 0 Å². The van der Waals surface area contributed by atoms with Crippen molar-refractivity contribution >= 4 is 17.5 Å². The summed E-state index contributed by atoms with van der Waals surface area (Å²) in [6.45, 7) is 7.46. The average molecular weight is 473 g/mol. The van der Waals surface area contributed by atoms with Gasteiger partial charge < -0.3 is 19.6 Å². The zero-order valence-corrected chi connectivity index (χ0v) is 20.9. The molecular formula is C27H37ClN2O3. The van der Waals surface area contributed by atoms with E-state index >= 15 is 0 Å². The van der Waals surface area contributed by atoms with E-state index in [0.717, 1.165) is 37.2 Å². The minimum atomic E-state index is -0.878. The Balaban J connectivity index is 1.42. The second kappa shape index (κ2) is 11.9. The molecule has 1 aliphatic rings. The Kier molecular flexibility index (Phi) is 9.19. The monoisotopic (exact) mass is 472 g/mol. The van der Waals surface area contributed by atoms with Gasteiger partial charge in [-0.15, -0.1) is 0 Å². The molecule has 1 atom stereocenters. The van der Waals surface area contributed by atoms with E-state index in [0.29, 0.717) is 43.4 Å². The summed E-state index contributed by atoms with van der Waals surface area (Å²) in [5.74, 6) is 1.06. The van der Waals surface area contributed by atoms with Crippen LogP contribution in [0.2, 0.25) is 5.02 Å². The largest absolute Gasteiger partial charge is 0.497 e. The normalized spacial score (nSPS) is 16.6. The number of benzene rings is 2. The molecule has 2 aromatic carbocycles. The maximum Gasteiger partial charge on any atom is 0.222 e. The highest BCUT2D eigenvalue weighted by atomic mass is 35.5. The van der Waals surface area contributed by atoms with Crippen molar-refractivity contribution in [3.63, 3.8) is 0 Å². The molecule has 1 fully saturated rings. The van der Waals surface area contributed by atoms with Gasteiger partial charge in [-0.05, 0) is 81.1 Å². The zero-order chi connectivity index (χ0) is 23.8. The van der Waals surface area contributed by atoms with Crippen molar-refractivity contribution in [2.24, 2.45) is 0 Å². The Morgan fingerprint density at radius 2 is 1.79 bits per heavy atom. The maximum absolute atomic E-state index is 12.8. The lowest BCUT2D eigenvalue weighted by atomic mass is 9.84. The molecule has 0 radical (unpaired) electrons. The lowest BCUT2D eigenvalue weighted by Crippen LogP contribution is -2.45. The van der Waals surface area contributed by atoms with Gasteiger partial charge in [-0.1, -0.05) is 42.8 Å². The summed E-state index contributed by atoms with van der Waals surface area (Å²) >= 11 is 5.97. The van der Waals surface area contributed by atoms with E-state index in [1.807, 2.05) is 41.3 Å². The maximum atomic E-state index is 12.8. The van der Waals surface area contributed by atoms with Gasteiger partial charge in [0.25, 0.3) is 0 Å². The third-order valence-corrected chi connectivity index (χ3v) is 7.13. The second-order valence-electron chi connectivity index (χ2n) is 9.05. The van der Waals surface area contributed by atoms with E-state index in [1.54, 1.807) is 7.11 Å². The van der Waals surface area contributed by atoms with E-state index in [-0.39, 0.29) is 5.91 Å². The number of ether oxygens (including phenoxy) is 1. The van der Waals surface area contributed by atoms with Gasteiger partial charge in [0, 0.05) is 30.6 Å². The van der Waals surface area contributed by atoms with Gasteiger partial charge >= 0.3 is 0 Å². The molecule has 1 heterocycles. The third-order valence-electron chi connectivity index (χ3n) is 6.88. The second-order valence-corrected chi connectivity index (χ2v) is 9.49. The number of rotatable bonds is 10. The summed E-state index contributed by atoms with van der Waals surface area (Å²) in [5.41, 5.74) is 1.29. The van der Waals surface area contributed by atoms with E-state index in [2.05, 4.69) is 30.9 Å². The number of carbonyl (C=O) groups excluding carboxylic acids is 1. The summed E-state index contributed by atoms with van der Waals surface area (Å²) < 4.78 is 5.24. The molecule has 1 saturated heterocycles. The Morgan fingerprint density at radius 3 is 2.36 bits per heavy atom. The molecule has 1 amide bonds. The topological polar surface area (TPSA) is 53.0 Å². The molecule has 1 N–H and O–H groups in total. The van der Waals surface area contributed by atoms with Crippen molar-refractivity contribution in [2.45, 2.75) is 57.6 Å². The predicted octanol–water partition coefficient (Wildman–Crippen LogP) is 4.89. The first-order chi connectivity index (χ1) is 15.8. The van der Waals surface area contributed by atoms with Gasteiger partial charge in [0.1, 0.15) is 5.75 Å². The standard InChI is InChI=1S/C27H37ClN2O3/c1-4-29(21(2)20-22-7-13-25(33-3)14-8-22)17-5-6-26(31)30-18-15-27(32,16-19-30)23-9-11-24(28)12-10-23/h7-14,21,32H,4-6,15-20H2,1-3H3. The number of amides is 1. The van der Waals surface area contributed by atoms with Crippen LogP contribution in [0.15, 0.2) is 48.5 Å². The Labute approximate surface area is 203 Å². The van der Waals surface area contributed by atoms with Crippen LogP contribution < -0.4 is 4.74 Å². The van der Waals surface area contributed by atoms with Crippen molar-refractivity contribution in [3.05, 3.63) is 64.7 Å². The molecule has 0 saturated carbocycles. The number of carbonyl (C=O) groups is 1. The van der Waals surface area contributed by atoms with E-state index in [9.17, 15) is 9.90 Å². The van der Waals surface area contributed by atoms with Crippen LogP contribution in [0.4, 0.5) is 0 Å². The van der Waals surface area contributed by atoms with E-state index in [1.165, 1.54) is 5.56 Å². The SMILES string of the molecule is CCN(CCCC(=O)N1CCC(O)(c2ccc(Cl)cc2)CC1)C(C)Cc1ccc(OC)cc1. The minimum absolute atomic E-state index is 0.187. The molecule has 180 valence electrons. The smallest absolute Gasteiger partial charge is 0.222 e. The molecule has 2 aromatic rings. The molecule has 5 nitrogen and oxygen atoms in total. The summed E-state index contributed by atoms with van der Waals surface area (Å²) in [6.07, 6.45) is 3.48. The summed E-state index contributed by atoms with van der Waals surface area (Å²) in [7, 11) is 1.68. The van der Waals surface area contributed by atoms with E-state index < -0.39 is 5.60 Å². The van der Waals surface area contributed by atoms with Crippen molar-refractivity contribution in [1.82, 2.24) is 9.80 Å². The molecule has 0 aromatic heterocycles. The van der Waals surface area contributed by atoms with Gasteiger partial charge in [0.2, 0.25) is 5.91 Å². The third kappa shape index (κ3) is 6.95. The fourth-order valence-electron chi connectivity index (χ4n) is 4.69. The van der Waals surface area contributed by atoms with E-state index in [4.69, 9.17) is 16.3 Å².